The fraction of sp³-hybridized carbons (Fsp3) is 0.167. The van der Waals surface area contributed by atoms with Crippen LogP contribution in [-0.4, -0.2) is 0 Å². The van der Waals surface area contributed by atoms with Gasteiger partial charge in [0.05, 0.1) is 9.16 Å². The van der Waals surface area contributed by atoms with E-state index in [0.717, 1.165) is 23.2 Å². The maximum atomic E-state index is 6.53. The third-order valence-electron chi connectivity index (χ3n) is 2.42. The van der Waals surface area contributed by atoms with Crippen LogP contribution in [-0.2, 0) is 0 Å². The predicted octanol–water partition coefficient (Wildman–Crippen LogP) is 6.67. The maximum Gasteiger partial charge on any atom is 0.0931 e. The lowest BCUT2D eigenvalue weighted by Gasteiger charge is -2.11. The van der Waals surface area contributed by atoms with Crippen molar-refractivity contribution in [1.29, 1.82) is 0 Å². The Bertz CT molecular complexity index is 531. The van der Waals surface area contributed by atoms with Crippen LogP contribution in [0.1, 0.15) is 21.4 Å². The molecule has 1 aromatic carbocycles. The molecule has 1 aromatic heterocycles. The number of halogens is 4. The smallest absolute Gasteiger partial charge is 0.0931 e. The van der Waals surface area contributed by atoms with E-state index in [-0.39, 0.29) is 5.38 Å². The van der Waals surface area contributed by atoms with Crippen molar-refractivity contribution in [3.63, 3.8) is 0 Å². The van der Waals surface area contributed by atoms with E-state index in [2.05, 4.69) is 72.9 Å². The van der Waals surface area contributed by atoms with Crippen LogP contribution >= 0.6 is 70.7 Å². The highest BCUT2D eigenvalue weighted by molar-refractivity contribution is 9.13. The summed E-state index contributed by atoms with van der Waals surface area (Å²) < 4.78 is 3.21. The monoisotopic (exact) mass is 456 g/mol. The van der Waals surface area contributed by atoms with Crippen molar-refractivity contribution in [2.24, 2.45) is 0 Å². The molecule has 2 aromatic rings. The van der Waals surface area contributed by atoms with Gasteiger partial charge in [-0.25, -0.2) is 0 Å². The molecule has 0 aliphatic heterocycles. The molecule has 0 saturated heterocycles. The average molecular weight is 459 g/mol. The minimum Gasteiger partial charge on any atom is -0.130 e. The zero-order chi connectivity index (χ0) is 12.6. The van der Waals surface area contributed by atoms with E-state index < -0.39 is 0 Å². The van der Waals surface area contributed by atoms with Crippen molar-refractivity contribution < 1.29 is 0 Å². The summed E-state index contributed by atoms with van der Waals surface area (Å²) in [5, 5.41) is -0.101. The fourth-order valence-electron chi connectivity index (χ4n) is 1.56. The topological polar surface area (TPSA) is 0 Å². The molecule has 0 bridgehead atoms. The van der Waals surface area contributed by atoms with Crippen molar-refractivity contribution in [3.8, 4) is 0 Å². The summed E-state index contributed by atoms with van der Waals surface area (Å²) in [4.78, 5) is 1.14. The number of thiophene rings is 1. The van der Waals surface area contributed by atoms with Gasteiger partial charge in [0, 0.05) is 13.8 Å². The first kappa shape index (κ1) is 14.1. The Morgan fingerprint density at radius 3 is 2.41 bits per heavy atom. The van der Waals surface area contributed by atoms with Gasteiger partial charge in [0.1, 0.15) is 0 Å². The molecule has 1 heterocycles. The lowest BCUT2D eigenvalue weighted by molar-refractivity contribution is 1.14. The predicted molar refractivity (Wildman–Crippen MR) is 86.3 cm³/mol. The summed E-state index contributed by atoms with van der Waals surface area (Å²) in [6.45, 7) is 2.08. The molecule has 0 saturated carbocycles. The molecular weight excluding hydrogens is 451 g/mol. The molecule has 0 spiro atoms. The van der Waals surface area contributed by atoms with Gasteiger partial charge in [-0.15, -0.1) is 22.9 Å². The van der Waals surface area contributed by atoms with Crippen LogP contribution in [0, 0.1) is 6.92 Å². The van der Waals surface area contributed by atoms with Gasteiger partial charge in [-0.1, -0.05) is 22.0 Å². The summed E-state index contributed by atoms with van der Waals surface area (Å²) >= 11 is 18.6. The van der Waals surface area contributed by atoms with Crippen LogP contribution in [0.5, 0.6) is 0 Å². The molecule has 1 unspecified atom stereocenters. The van der Waals surface area contributed by atoms with E-state index in [1.54, 1.807) is 11.3 Å². The molecule has 0 aliphatic carbocycles. The lowest BCUT2D eigenvalue weighted by atomic mass is 10.0. The molecule has 2 rings (SSSR count). The Morgan fingerprint density at radius 2 is 1.88 bits per heavy atom. The highest BCUT2D eigenvalue weighted by atomic mass is 79.9. The summed E-state index contributed by atoms with van der Waals surface area (Å²) in [6.07, 6.45) is 0. The Balaban J connectivity index is 2.39. The summed E-state index contributed by atoms with van der Waals surface area (Å²) in [5.74, 6) is 0. The number of aryl methyl sites for hydroxylation is 1. The van der Waals surface area contributed by atoms with Gasteiger partial charge >= 0.3 is 0 Å². The van der Waals surface area contributed by atoms with Gasteiger partial charge in [-0.3, -0.25) is 0 Å². The first-order chi connectivity index (χ1) is 7.99. The quantitative estimate of drug-likeness (QED) is 0.440. The van der Waals surface area contributed by atoms with Crippen molar-refractivity contribution in [2.75, 3.05) is 0 Å². The molecule has 0 aliphatic rings. The van der Waals surface area contributed by atoms with Gasteiger partial charge in [0.15, 0.2) is 0 Å². The van der Waals surface area contributed by atoms with Crippen molar-refractivity contribution >= 4 is 70.7 Å². The van der Waals surface area contributed by atoms with Gasteiger partial charge in [-0.2, -0.15) is 0 Å². The summed E-state index contributed by atoms with van der Waals surface area (Å²) in [5.41, 5.74) is 2.34. The van der Waals surface area contributed by atoms with Crippen LogP contribution < -0.4 is 0 Å². The fourth-order valence-corrected chi connectivity index (χ4v) is 4.57. The molecule has 5 heteroatoms. The SMILES string of the molecule is Cc1cc(Br)ccc1C(Cl)c1cc(Br)c(Br)s1. The van der Waals surface area contributed by atoms with Crippen LogP contribution in [0.25, 0.3) is 0 Å². The minimum atomic E-state index is -0.101. The highest BCUT2D eigenvalue weighted by Crippen LogP contribution is 2.41. The molecule has 17 heavy (non-hydrogen) atoms. The normalized spacial score (nSPS) is 12.8. The number of hydrogen-bond acceptors (Lipinski definition) is 1. The molecule has 90 valence electrons. The zero-order valence-electron chi connectivity index (χ0n) is 8.81. The average Bonchev–Trinajstić information content (AvgIpc) is 2.58. The highest BCUT2D eigenvalue weighted by Gasteiger charge is 2.17. The van der Waals surface area contributed by atoms with Gasteiger partial charge in [-0.05, 0) is 68.1 Å². The van der Waals surface area contributed by atoms with Crippen LogP contribution in [0.2, 0.25) is 0 Å². The zero-order valence-corrected chi connectivity index (χ0v) is 15.1. The van der Waals surface area contributed by atoms with Gasteiger partial charge in [0.25, 0.3) is 0 Å². The molecule has 0 amide bonds. The van der Waals surface area contributed by atoms with E-state index >= 15 is 0 Å². The van der Waals surface area contributed by atoms with E-state index in [4.69, 9.17) is 11.6 Å². The Morgan fingerprint density at radius 1 is 1.18 bits per heavy atom. The third kappa shape index (κ3) is 3.16. The lowest BCUT2D eigenvalue weighted by Crippen LogP contribution is -1.93. The molecular formula is C12H8Br3ClS. The molecule has 0 fully saturated rings. The van der Waals surface area contributed by atoms with Crippen LogP contribution in [0.3, 0.4) is 0 Å². The summed E-state index contributed by atoms with van der Waals surface area (Å²) in [6, 6.07) is 8.24. The Kier molecular flexibility index (Phi) is 4.75. The molecule has 0 radical (unpaired) electrons. The second kappa shape index (κ2) is 5.74. The number of benzene rings is 1. The minimum absolute atomic E-state index is 0.101. The molecule has 0 N–H and O–H groups in total. The van der Waals surface area contributed by atoms with E-state index in [1.165, 1.54) is 5.56 Å². The molecule has 1 atom stereocenters. The van der Waals surface area contributed by atoms with Crippen LogP contribution in [0.15, 0.2) is 37.0 Å². The van der Waals surface area contributed by atoms with Gasteiger partial charge < -0.3 is 0 Å². The second-order valence-electron chi connectivity index (χ2n) is 3.63. The molecule has 0 nitrogen and oxygen atoms in total. The van der Waals surface area contributed by atoms with Gasteiger partial charge in [0.2, 0.25) is 0 Å². The summed E-state index contributed by atoms with van der Waals surface area (Å²) in [7, 11) is 0. The van der Waals surface area contributed by atoms with Crippen molar-refractivity contribution in [1.82, 2.24) is 0 Å². The van der Waals surface area contributed by atoms with Crippen molar-refractivity contribution in [2.45, 2.75) is 12.3 Å². The number of alkyl halides is 1. The van der Waals surface area contributed by atoms with Crippen LogP contribution in [0.4, 0.5) is 0 Å². The number of hydrogen-bond donors (Lipinski definition) is 0. The maximum absolute atomic E-state index is 6.53. The standard InChI is InChI=1S/C12H8Br3ClS/c1-6-4-7(13)2-3-8(6)11(16)10-5-9(14)12(15)17-10/h2-5,11H,1H3. The van der Waals surface area contributed by atoms with Crippen molar-refractivity contribution in [3.05, 3.63) is 53.0 Å². The Hall–Kier alpha value is 0.650. The third-order valence-corrected chi connectivity index (χ3v) is 6.83. The largest absolute Gasteiger partial charge is 0.130 e. The second-order valence-corrected chi connectivity index (χ2v) is 8.24. The van der Waals surface area contributed by atoms with E-state index in [9.17, 15) is 0 Å². The van der Waals surface area contributed by atoms with E-state index in [1.807, 2.05) is 6.07 Å². The first-order valence-corrected chi connectivity index (χ1v) is 8.47. The Labute approximate surface area is 135 Å². The first-order valence-electron chi connectivity index (χ1n) is 4.84. The number of rotatable bonds is 2. The van der Waals surface area contributed by atoms with E-state index in [0.29, 0.717) is 0 Å².